The summed E-state index contributed by atoms with van der Waals surface area (Å²) in [4.78, 5) is 13.5. The SMILES string of the molecule is O=C(CCCl)N1CC[C@@H]2COC[C@@H]2C1. The van der Waals surface area contributed by atoms with Gasteiger partial charge in [0.05, 0.1) is 6.61 Å². The molecule has 0 aromatic heterocycles. The number of fused-ring (bicyclic) bond motifs is 1. The molecule has 4 heteroatoms. The number of nitrogens with zero attached hydrogens (tertiary/aromatic N) is 1. The van der Waals surface area contributed by atoms with Crippen LogP contribution in [0.25, 0.3) is 0 Å². The molecule has 3 nitrogen and oxygen atoms in total. The van der Waals surface area contributed by atoms with Crippen LogP contribution in [0, 0.1) is 11.8 Å². The van der Waals surface area contributed by atoms with E-state index in [1.807, 2.05) is 4.90 Å². The van der Waals surface area contributed by atoms with Gasteiger partial charge in [-0.25, -0.2) is 0 Å². The largest absolute Gasteiger partial charge is 0.381 e. The minimum absolute atomic E-state index is 0.199. The third-order valence-electron chi connectivity index (χ3n) is 3.22. The zero-order valence-electron chi connectivity index (χ0n) is 8.25. The number of halogens is 1. The predicted molar refractivity (Wildman–Crippen MR) is 54.3 cm³/mol. The maximum absolute atomic E-state index is 11.6. The summed E-state index contributed by atoms with van der Waals surface area (Å²) in [7, 11) is 0. The highest BCUT2D eigenvalue weighted by Gasteiger charge is 2.34. The van der Waals surface area contributed by atoms with Gasteiger partial charge in [-0.05, 0) is 12.3 Å². The molecule has 2 saturated heterocycles. The van der Waals surface area contributed by atoms with Crippen LogP contribution in [0.2, 0.25) is 0 Å². The lowest BCUT2D eigenvalue weighted by Crippen LogP contribution is -2.43. The summed E-state index contributed by atoms with van der Waals surface area (Å²) < 4.78 is 5.42. The summed E-state index contributed by atoms with van der Waals surface area (Å²) in [6.45, 7) is 3.48. The Morgan fingerprint density at radius 2 is 2.21 bits per heavy atom. The summed E-state index contributed by atoms with van der Waals surface area (Å²) >= 11 is 5.55. The highest BCUT2D eigenvalue weighted by Crippen LogP contribution is 2.29. The van der Waals surface area contributed by atoms with E-state index in [4.69, 9.17) is 16.3 Å². The zero-order chi connectivity index (χ0) is 9.97. The van der Waals surface area contributed by atoms with E-state index in [1.165, 1.54) is 0 Å². The summed E-state index contributed by atoms with van der Waals surface area (Å²) in [5.41, 5.74) is 0. The van der Waals surface area contributed by atoms with E-state index >= 15 is 0 Å². The third kappa shape index (κ3) is 2.04. The number of ether oxygens (including phenoxy) is 1. The fourth-order valence-electron chi connectivity index (χ4n) is 2.33. The molecule has 2 atom stereocenters. The van der Waals surface area contributed by atoms with Crippen LogP contribution in [0.1, 0.15) is 12.8 Å². The summed E-state index contributed by atoms with van der Waals surface area (Å²) in [6.07, 6.45) is 1.57. The van der Waals surface area contributed by atoms with Crippen molar-refractivity contribution in [3.8, 4) is 0 Å². The number of hydrogen-bond donors (Lipinski definition) is 0. The monoisotopic (exact) mass is 217 g/mol. The lowest BCUT2D eigenvalue weighted by molar-refractivity contribution is -0.132. The Hall–Kier alpha value is -0.280. The normalized spacial score (nSPS) is 31.6. The molecular weight excluding hydrogens is 202 g/mol. The topological polar surface area (TPSA) is 29.5 Å². The van der Waals surface area contributed by atoms with Gasteiger partial charge in [0.2, 0.25) is 5.91 Å². The van der Waals surface area contributed by atoms with Crippen molar-refractivity contribution in [3.63, 3.8) is 0 Å². The lowest BCUT2D eigenvalue weighted by atomic mass is 9.88. The number of hydrogen-bond acceptors (Lipinski definition) is 2. The second kappa shape index (κ2) is 4.49. The van der Waals surface area contributed by atoms with Crippen molar-refractivity contribution in [2.45, 2.75) is 12.8 Å². The molecule has 2 aliphatic rings. The van der Waals surface area contributed by atoms with Crippen molar-refractivity contribution < 1.29 is 9.53 Å². The molecular formula is C10H16ClNO2. The molecule has 0 N–H and O–H groups in total. The van der Waals surface area contributed by atoms with E-state index in [0.29, 0.717) is 24.1 Å². The molecule has 0 aromatic rings. The van der Waals surface area contributed by atoms with E-state index in [1.54, 1.807) is 0 Å². The van der Waals surface area contributed by atoms with Gasteiger partial charge in [0.1, 0.15) is 0 Å². The molecule has 2 aliphatic heterocycles. The molecule has 0 radical (unpaired) electrons. The summed E-state index contributed by atoms with van der Waals surface area (Å²) in [5, 5.41) is 0. The van der Waals surface area contributed by atoms with Gasteiger partial charge in [-0.3, -0.25) is 4.79 Å². The number of rotatable bonds is 2. The standard InChI is InChI=1S/C10H16ClNO2/c11-3-1-10(13)12-4-2-8-6-14-7-9(8)5-12/h8-9H,1-7H2/t8-,9+/m1/s1. The van der Waals surface area contributed by atoms with Crippen LogP contribution >= 0.6 is 11.6 Å². The minimum Gasteiger partial charge on any atom is -0.381 e. The van der Waals surface area contributed by atoms with Crippen molar-refractivity contribution in [1.82, 2.24) is 4.90 Å². The van der Waals surface area contributed by atoms with Crippen LogP contribution < -0.4 is 0 Å². The number of carbonyl (C=O) groups is 1. The summed E-state index contributed by atoms with van der Waals surface area (Å²) in [5.74, 6) is 1.89. The summed E-state index contributed by atoms with van der Waals surface area (Å²) in [6, 6.07) is 0. The van der Waals surface area contributed by atoms with E-state index in [2.05, 4.69) is 0 Å². The fraction of sp³-hybridized carbons (Fsp3) is 0.900. The van der Waals surface area contributed by atoms with Crippen molar-refractivity contribution >= 4 is 17.5 Å². The van der Waals surface area contributed by atoms with Gasteiger partial charge in [-0.15, -0.1) is 11.6 Å². The molecule has 0 aliphatic carbocycles. The van der Waals surface area contributed by atoms with Crippen LogP contribution in [0.3, 0.4) is 0 Å². The van der Waals surface area contributed by atoms with Crippen LogP contribution in [0.15, 0.2) is 0 Å². The molecule has 1 amide bonds. The molecule has 0 saturated carbocycles. The minimum atomic E-state index is 0.199. The zero-order valence-corrected chi connectivity index (χ0v) is 9.00. The molecule has 2 heterocycles. The van der Waals surface area contributed by atoms with E-state index in [9.17, 15) is 4.79 Å². The van der Waals surface area contributed by atoms with Gasteiger partial charge in [-0.2, -0.15) is 0 Å². The van der Waals surface area contributed by atoms with Crippen molar-refractivity contribution in [2.75, 3.05) is 32.2 Å². The van der Waals surface area contributed by atoms with Gasteiger partial charge in [0.25, 0.3) is 0 Å². The molecule has 0 unspecified atom stereocenters. The van der Waals surface area contributed by atoms with Crippen LogP contribution in [-0.2, 0) is 9.53 Å². The number of likely N-dealkylation sites (tertiary alicyclic amines) is 1. The Morgan fingerprint density at radius 3 is 3.00 bits per heavy atom. The second-order valence-electron chi connectivity index (χ2n) is 4.13. The first-order valence-corrected chi connectivity index (χ1v) is 5.76. The molecule has 2 rings (SSSR count). The number of alkyl halides is 1. The third-order valence-corrected chi connectivity index (χ3v) is 3.41. The Kier molecular flexibility index (Phi) is 3.29. The first-order valence-electron chi connectivity index (χ1n) is 5.22. The first kappa shape index (κ1) is 10.2. The fourth-order valence-corrected chi connectivity index (χ4v) is 2.49. The molecule has 80 valence electrons. The van der Waals surface area contributed by atoms with E-state index in [-0.39, 0.29) is 5.91 Å². The predicted octanol–water partition coefficient (Wildman–Crippen LogP) is 1.11. The van der Waals surface area contributed by atoms with Crippen molar-refractivity contribution in [1.29, 1.82) is 0 Å². The van der Waals surface area contributed by atoms with Gasteiger partial charge in [0.15, 0.2) is 0 Å². The number of carbonyl (C=O) groups excluding carboxylic acids is 1. The average molecular weight is 218 g/mol. The van der Waals surface area contributed by atoms with Gasteiger partial charge < -0.3 is 9.64 Å². The number of amides is 1. The van der Waals surface area contributed by atoms with E-state index < -0.39 is 0 Å². The molecule has 0 bridgehead atoms. The van der Waals surface area contributed by atoms with Gasteiger partial charge in [-0.1, -0.05) is 0 Å². The molecule has 2 fully saturated rings. The van der Waals surface area contributed by atoms with Crippen molar-refractivity contribution in [2.24, 2.45) is 11.8 Å². The van der Waals surface area contributed by atoms with Crippen LogP contribution in [0.4, 0.5) is 0 Å². The van der Waals surface area contributed by atoms with Crippen molar-refractivity contribution in [3.05, 3.63) is 0 Å². The quantitative estimate of drug-likeness (QED) is 0.649. The number of piperidine rings is 1. The Morgan fingerprint density at radius 1 is 1.43 bits per heavy atom. The lowest BCUT2D eigenvalue weighted by Gasteiger charge is -2.33. The smallest absolute Gasteiger partial charge is 0.223 e. The van der Waals surface area contributed by atoms with Gasteiger partial charge >= 0.3 is 0 Å². The van der Waals surface area contributed by atoms with Crippen LogP contribution in [0.5, 0.6) is 0 Å². The molecule has 0 aromatic carbocycles. The Labute approximate surface area is 89.4 Å². The van der Waals surface area contributed by atoms with E-state index in [0.717, 1.165) is 32.7 Å². The Balaban J connectivity index is 1.87. The maximum Gasteiger partial charge on any atom is 0.223 e. The van der Waals surface area contributed by atoms with Gasteiger partial charge in [0, 0.05) is 37.9 Å². The highest BCUT2D eigenvalue weighted by molar-refractivity contribution is 6.18. The maximum atomic E-state index is 11.6. The first-order chi connectivity index (χ1) is 6.81. The highest BCUT2D eigenvalue weighted by atomic mass is 35.5. The Bertz CT molecular complexity index is 222. The average Bonchev–Trinajstić information content (AvgIpc) is 2.64. The van der Waals surface area contributed by atoms with Crippen LogP contribution in [-0.4, -0.2) is 43.0 Å². The second-order valence-corrected chi connectivity index (χ2v) is 4.50. The molecule has 0 spiro atoms. The molecule has 14 heavy (non-hydrogen) atoms.